The van der Waals surface area contributed by atoms with E-state index in [1.807, 2.05) is 0 Å². The van der Waals surface area contributed by atoms with E-state index in [-0.39, 0.29) is 11.8 Å². The molecule has 4 N–H and O–H groups in total. The predicted octanol–water partition coefficient (Wildman–Crippen LogP) is 1.28. The molecule has 128 valence electrons. The van der Waals surface area contributed by atoms with Crippen LogP contribution in [0.25, 0.3) is 0 Å². The number of carbonyl (C=O) groups is 3. The minimum atomic E-state index is -0.00821. The zero-order chi connectivity index (χ0) is 16.5. The largest absolute Gasteiger partial charge is 0.356 e. The van der Waals surface area contributed by atoms with Crippen molar-refractivity contribution in [2.75, 3.05) is 19.6 Å². The molecule has 0 atom stereocenters. The molecule has 0 bridgehead atoms. The lowest BCUT2D eigenvalue weighted by Crippen LogP contribution is -2.26. The lowest BCUT2D eigenvalue weighted by molar-refractivity contribution is -0.122. The summed E-state index contributed by atoms with van der Waals surface area (Å²) in [5, 5.41) is 5.68. The van der Waals surface area contributed by atoms with Crippen molar-refractivity contribution in [3.05, 3.63) is 0 Å². The van der Waals surface area contributed by atoms with Crippen LogP contribution in [0.1, 0.15) is 64.2 Å². The number of amides is 2. The van der Waals surface area contributed by atoms with Crippen LogP contribution in [0.5, 0.6) is 0 Å². The SMILES string of the molecule is NCCCCCNC(=O)CCCC(=O)NCCCCCC=O. The van der Waals surface area contributed by atoms with Gasteiger partial charge in [0, 0.05) is 32.4 Å². The van der Waals surface area contributed by atoms with Crippen molar-refractivity contribution in [3.63, 3.8) is 0 Å². The highest BCUT2D eigenvalue weighted by molar-refractivity contribution is 5.78. The fourth-order valence-electron chi connectivity index (χ4n) is 2.02. The molecular weight excluding hydrogens is 282 g/mol. The first-order valence-electron chi connectivity index (χ1n) is 8.37. The van der Waals surface area contributed by atoms with E-state index >= 15 is 0 Å². The maximum atomic E-state index is 11.5. The van der Waals surface area contributed by atoms with Gasteiger partial charge in [-0.05, 0) is 38.6 Å². The number of aldehydes is 1. The molecule has 6 heteroatoms. The molecule has 0 aromatic rings. The second-order valence-corrected chi connectivity index (χ2v) is 5.42. The molecule has 0 rings (SSSR count). The Morgan fingerprint density at radius 1 is 0.773 bits per heavy atom. The van der Waals surface area contributed by atoms with E-state index in [1.54, 1.807) is 0 Å². The van der Waals surface area contributed by atoms with E-state index in [4.69, 9.17) is 5.73 Å². The zero-order valence-electron chi connectivity index (χ0n) is 13.6. The standard InChI is InChI=1S/C16H31N3O3/c17-11-4-3-6-13-19-16(22)10-8-9-15(21)18-12-5-1-2-7-14-20/h14H,1-13,17H2,(H,18,21)(H,19,22). The summed E-state index contributed by atoms with van der Waals surface area (Å²) >= 11 is 0. The maximum Gasteiger partial charge on any atom is 0.220 e. The number of carbonyl (C=O) groups excluding carboxylic acids is 3. The highest BCUT2D eigenvalue weighted by Crippen LogP contribution is 1.99. The van der Waals surface area contributed by atoms with Gasteiger partial charge in [-0.3, -0.25) is 9.59 Å². The van der Waals surface area contributed by atoms with Crippen LogP contribution in [0.15, 0.2) is 0 Å². The Hall–Kier alpha value is -1.43. The molecule has 0 aromatic heterocycles. The minimum Gasteiger partial charge on any atom is -0.356 e. The molecule has 0 saturated heterocycles. The Balaban J connectivity index is 3.35. The topological polar surface area (TPSA) is 101 Å². The van der Waals surface area contributed by atoms with Gasteiger partial charge < -0.3 is 21.2 Å². The first-order chi connectivity index (χ1) is 10.7. The lowest BCUT2D eigenvalue weighted by Gasteiger charge is -2.06. The molecular formula is C16H31N3O3. The summed E-state index contributed by atoms with van der Waals surface area (Å²) < 4.78 is 0. The van der Waals surface area contributed by atoms with Crippen molar-refractivity contribution in [3.8, 4) is 0 Å². The minimum absolute atomic E-state index is 0.00821. The van der Waals surface area contributed by atoms with Gasteiger partial charge in [0.05, 0.1) is 0 Å². The molecule has 0 aliphatic heterocycles. The molecule has 0 aliphatic carbocycles. The van der Waals surface area contributed by atoms with Gasteiger partial charge in [-0.1, -0.05) is 12.8 Å². The van der Waals surface area contributed by atoms with Gasteiger partial charge in [0.1, 0.15) is 6.29 Å². The van der Waals surface area contributed by atoms with Crippen molar-refractivity contribution in [2.24, 2.45) is 5.73 Å². The summed E-state index contributed by atoms with van der Waals surface area (Å²) in [6.45, 7) is 2.02. The first kappa shape index (κ1) is 20.6. The molecule has 0 unspecified atom stereocenters. The van der Waals surface area contributed by atoms with Gasteiger partial charge in [0.2, 0.25) is 11.8 Å². The third-order valence-electron chi connectivity index (χ3n) is 3.33. The molecule has 0 fully saturated rings. The smallest absolute Gasteiger partial charge is 0.220 e. The van der Waals surface area contributed by atoms with E-state index in [0.29, 0.717) is 45.3 Å². The number of hydrogen-bond donors (Lipinski definition) is 3. The van der Waals surface area contributed by atoms with Gasteiger partial charge in [-0.25, -0.2) is 0 Å². The third-order valence-corrected chi connectivity index (χ3v) is 3.33. The van der Waals surface area contributed by atoms with Gasteiger partial charge in [-0.2, -0.15) is 0 Å². The molecule has 0 radical (unpaired) electrons. The highest BCUT2D eigenvalue weighted by atomic mass is 16.2. The predicted molar refractivity (Wildman–Crippen MR) is 87.3 cm³/mol. The van der Waals surface area contributed by atoms with Crippen molar-refractivity contribution in [1.82, 2.24) is 10.6 Å². The molecule has 2 amide bonds. The molecule has 0 aliphatic rings. The molecule has 0 saturated carbocycles. The average Bonchev–Trinajstić information content (AvgIpc) is 2.50. The zero-order valence-corrected chi connectivity index (χ0v) is 13.6. The van der Waals surface area contributed by atoms with Crippen molar-refractivity contribution in [2.45, 2.75) is 64.2 Å². The van der Waals surface area contributed by atoms with Crippen LogP contribution in [0.4, 0.5) is 0 Å². The molecule has 0 spiro atoms. The van der Waals surface area contributed by atoms with E-state index in [0.717, 1.165) is 44.8 Å². The molecule has 6 nitrogen and oxygen atoms in total. The van der Waals surface area contributed by atoms with Gasteiger partial charge in [0.15, 0.2) is 0 Å². The van der Waals surface area contributed by atoms with Crippen LogP contribution in [-0.4, -0.2) is 37.7 Å². The molecule has 22 heavy (non-hydrogen) atoms. The number of nitrogens with two attached hydrogens (primary N) is 1. The second kappa shape index (κ2) is 15.9. The van der Waals surface area contributed by atoms with E-state index < -0.39 is 0 Å². The first-order valence-corrected chi connectivity index (χ1v) is 8.37. The number of rotatable bonds is 15. The van der Waals surface area contributed by atoms with Crippen LogP contribution in [0, 0.1) is 0 Å². The van der Waals surface area contributed by atoms with Crippen LogP contribution in [0.3, 0.4) is 0 Å². The van der Waals surface area contributed by atoms with Crippen LogP contribution >= 0.6 is 0 Å². The lowest BCUT2D eigenvalue weighted by atomic mass is 10.2. The normalized spacial score (nSPS) is 10.2. The fourth-order valence-corrected chi connectivity index (χ4v) is 2.02. The quantitative estimate of drug-likeness (QED) is 0.313. The third kappa shape index (κ3) is 15.0. The van der Waals surface area contributed by atoms with E-state index in [9.17, 15) is 14.4 Å². The summed E-state index contributed by atoms with van der Waals surface area (Å²) in [7, 11) is 0. The van der Waals surface area contributed by atoms with Gasteiger partial charge in [-0.15, -0.1) is 0 Å². The van der Waals surface area contributed by atoms with Crippen LogP contribution in [0.2, 0.25) is 0 Å². The average molecular weight is 313 g/mol. The Morgan fingerprint density at radius 2 is 1.32 bits per heavy atom. The summed E-state index contributed by atoms with van der Waals surface area (Å²) in [4.78, 5) is 33.2. The Kier molecular flexibility index (Phi) is 14.9. The van der Waals surface area contributed by atoms with Gasteiger partial charge >= 0.3 is 0 Å². The Bertz CT molecular complexity index is 309. The second-order valence-electron chi connectivity index (χ2n) is 5.42. The summed E-state index contributed by atoms with van der Waals surface area (Å²) in [5.74, 6) is 0.000504. The van der Waals surface area contributed by atoms with Crippen LogP contribution < -0.4 is 16.4 Å². The fraction of sp³-hybridized carbons (Fsp3) is 0.812. The summed E-state index contributed by atoms with van der Waals surface area (Å²) in [6, 6.07) is 0. The van der Waals surface area contributed by atoms with Gasteiger partial charge in [0.25, 0.3) is 0 Å². The van der Waals surface area contributed by atoms with Crippen molar-refractivity contribution in [1.29, 1.82) is 0 Å². The van der Waals surface area contributed by atoms with Crippen LogP contribution in [-0.2, 0) is 14.4 Å². The number of hydrogen-bond acceptors (Lipinski definition) is 4. The summed E-state index contributed by atoms with van der Waals surface area (Å²) in [5.41, 5.74) is 5.39. The monoisotopic (exact) mass is 313 g/mol. The summed E-state index contributed by atoms with van der Waals surface area (Å²) in [6.07, 6.45) is 8.56. The van der Waals surface area contributed by atoms with Crippen molar-refractivity contribution < 1.29 is 14.4 Å². The highest BCUT2D eigenvalue weighted by Gasteiger charge is 2.04. The number of nitrogens with one attached hydrogen (secondary N) is 2. The Labute approximate surface area is 133 Å². The molecule has 0 heterocycles. The maximum absolute atomic E-state index is 11.5. The van der Waals surface area contributed by atoms with E-state index in [2.05, 4.69) is 10.6 Å². The number of unbranched alkanes of at least 4 members (excludes halogenated alkanes) is 5. The van der Waals surface area contributed by atoms with E-state index in [1.165, 1.54) is 0 Å². The Morgan fingerprint density at radius 3 is 1.82 bits per heavy atom. The van der Waals surface area contributed by atoms with Crippen molar-refractivity contribution >= 4 is 18.1 Å². The molecule has 0 aromatic carbocycles.